The molecule has 0 spiro atoms. The SMILES string of the molecule is Clc1cccc(-n2cc(-c3nnn(Cc4ccccc4)n3)cn2)c1. The maximum absolute atomic E-state index is 6.02. The predicted molar refractivity (Wildman–Crippen MR) is 90.9 cm³/mol. The number of tetrazole rings is 1. The fourth-order valence-corrected chi connectivity index (χ4v) is 2.56. The number of rotatable bonds is 4. The van der Waals surface area contributed by atoms with Crippen LogP contribution in [0.25, 0.3) is 17.1 Å². The molecule has 0 saturated heterocycles. The lowest BCUT2D eigenvalue weighted by molar-refractivity contribution is 0.573. The van der Waals surface area contributed by atoms with Crippen molar-refractivity contribution in [3.05, 3.63) is 77.6 Å². The van der Waals surface area contributed by atoms with Crippen molar-refractivity contribution in [2.24, 2.45) is 0 Å². The zero-order valence-electron chi connectivity index (χ0n) is 12.6. The van der Waals surface area contributed by atoms with Gasteiger partial charge in [-0.3, -0.25) is 0 Å². The highest BCUT2D eigenvalue weighted by Gasteiger charge is 2.10. The van der Waals surface area contributed by atoms with Gasteiger partial charge in [0.25, 0.3) is 0 Å². The Bertz CT molecular complexity index is 960. The molecule has 2 aromatic carbocycles. The summed E-state index contributed by atoms with van der Waals surface area (Å²) in [7, 11) is 0. The fraction of sp³-hybridized carbons (Fsp3) is 0.0588. The van der Waals surface area contributed by atoms with Crippen LogP contribution >= 0.6 is 11.6 Å². The normalized spacial score (nSPS) is 10.9. The molecule has 0 aliphatic heterocycles. The van der Waals surface area contributed by atoms with Crippen molar-refractivity contribution in [2.75, 3.05) is 0 Å². The third-order valence-corrected chi connectivity index (χ3v) is 3.77. The molecule has 0 amide bonds. The number of hydrogen-bond donors (Lipinski definition) is 0. The van der Waals surface area contributed by atoms with E-state index in [0.29, 0.717) is 17.4 Å². The van der Waals surface area contributed by atoms with Gasteiger partial charge in [0.05, 0.1) is 24.0 Å². The summed E-state index contributed by atoms with van der Waals surface area (Å²) in [5.74, 6) is 0.541. The molecule has 118 valence electrons. The fourth-order valence-electron chi connectivity index (χ4n) is 2.37. The zero-order valence-corrected chi connectivity index (χ0v) is 13.4. The zero-order chi connectivity index (χ0) is 16.4. The van der Waals surface area contributed by atoms with Gasteiger partial charge in [-0.25, -0.2) is 4.68 Å². The van der Waals surface area contributed by atoms with Crippen molar-refractivity contribution in [2.45, 2.75) is 6.54 Å². The van der Waals surface area contributed by atoms with Crippen molar-refractivity contribution < 1.29 is 0 Å². The maximum Gasteiger partial charge on any atom is 0.208 e. The van der Waals surface area contributed by atoms with Crippen molar-refractivity contribution >= 4 is 11.6 Å². The van der Waals surface area contributed by atoms with Gasteiger partial charge in [0.1, 0.15) is 0 Å². The lowest BCUT2D eigenvalue weighted by Crippen LogP contribution is -2.03. The highest BCUT2D eigenvalue weighted by molar-refractivity contribution is 6.30. The van der Waals surface area contributed by atoms with Gasteiger partial charge in [0, 0.05) is 11.2 Å². The smallest absolute Gasteiger partial charge is 0.208 e. The molecule has 4 aromatic rings. The van der Waals surface area contributed by atoms with Gasteiger partial charge in [-0.05, 0) is 29.0 Å². The second kappa shape index (κ2) is 6.25. The lowest BCUT2D eigenvalue weighted by atomic mass is 10.2. The molecule has 2 aromatic heterocycles. The summed E-state index contributed by atoms with van der Waals surface area (Å²) < 4.78 is 1.74. The van der Waals surface area contributed by atoms with E-state index in [0.717, 1.165) is 16.8 Å². The summed E-state index contributed by atoms with van der Waals surface area (Å²) in [4.78, 5) is 1.57. The topological polar surface area (TPSA) is 61.4 Å². The average molecular weight is 337 g/mol. The molecule has 0 bridgehead atoms. The van der Waals surface area contributed by atoms with E-state index in [1.165, 1.54) is 0 Å². The molecule has 4 rings (SSSR count). The van der Waals surface area contributed by atoms with Gasteiger partial charge in [-0.15, -0.1) is 10.2 Å². The molecule has 0 atom stereocenters. The third-order valence-electron chi connectivity index (χ3n) is 3.53. The average Bonchev–Trinajstić information content (AvgIpc) is 3.25. The van der Waals surface area contributed by atoms with E-state index in [-0.39, 0.29) is 0 Å². The Morgan fingerprint density at radius 3 is 2.71 bits per heavy atom. The van der Waals surface area contributed by atoms with Crippen LogP contribution in [0.15, 0.2) is 67.0 Å². The van der Waals surface area contributed by atoms with Crippen LogP contribution in [0, 0.1) is 0 Å². The molecule has 0 aliphatic rings. The molecule has 0 aliphatic carbocycles. The Morgan fingerprint density at radius 2 is 1.88 bits per heavy atom. The summed E-state index contributed by atoms with van der Waals surface area (Å²) in [6.07, 6.45) is 3.57. The van der Waals surface area contributed by atoms with E-state index < -0.39 is 0 Å². The minimum absolute atomic E-state index is 0.541. The van der Waals surface area contributed by atoms with Crippen LogP contribution in [0.5, 0.6) is 0 Å². The van der Waals surface area contributed by atoms with Crippen molar-refractivity contribution in [1.82, 2.24) is 30.0 Å². The Balaban J connectivity index is 1.57. The molecule has 0 N–H and O–H groups in total. The van der Waals surface area contributed by atoms with Crippen LogP contribution in [-0.4, -0.2) is 30.0 Å². The molecule has 0 saturated carbocycles. The Hall–Kier alpha value is -2.99. The first-order chi connectivity index (χ1) is 11.8. The molecule has 24 heavy (non-hydrogen) atoms. The van der Waals surface area contributed by atoms with Crippen molar-refractivity contribution in [1.29, 1.82) is 0 Å². The Kier molecular flexibility index (Phi) is 3.80. The van der Waals surface area contributed by atoms with Gasteiger partial charge >= 0.3 is 0 Å². The first-order valence-corrected chi connectivity index (χ1v) is 7.78. The van der Waals surface area contributed by atoms with Crippen LogP contribution in [0.4, 0.5) is 0 Å². The van der Waals surface area contributed by atoms with E-state index in [4.69, 9.17) is 11.6 Å². The molecule has 0 radical (unpaired) electrons. The third kappa shape index (κ3) is 3.04. The number of aromatic nitrogens is 6. The molecule has 7 heteroatoms. The van der Waals surface area contributed by atoms with Gasteiger partial charge in [-0.2, -0.15) is 9.90 Å². The Morgan fingerprint density at radius 1 is 1.00 bits per heavy atom. The first-order valence-electron chi connectivity index (χ1n) is 7.41. The highest BCUT2D eigenvalue weighted by atomic mass is 35.5. The summed E-state index contributed by atoms with van der Waals surface area (Å²) in [6, 6.07) is 17.5. The van der Waals surface area contributed by atoms with E-state index in [1.54, 1.807) is 15.7 Å². The van der Waals surface area contributed by atoms with Gasteiger partial charge in [0.15, 0.2) is 0 Å². The van der Waals surface area contributed by atoms with E-state index in [2.05, 4.69) is 20.5 Å². The second-order valence-corrected chi connectivity index (χ2v) is 5.72. The maximum atomic E-state index is 6.02. The molecule has 0 unspecified atom stereocenters. The van der Waals surface area contributed by atoms with E-state index >= 15 is 0 Å². The lowest BCUT2D eigenvalue weighted by Gasteiger charge is -2.00. The largest absolute Gasteiger partial charge is 0.240 e. The van der Waals surface area contributed by atoms with Crippen LogP contribution in [-0.2, 0) is 6.54 Å². The summed E-state index contributed by atoms with van der Waals surface area (Å²) in [5.41, 5.74) is 2.80. The van der Waals surface area contributed by atoms with Crippen LogP contribution < -0.4 is 0 Å². The quantitative estimate of drug-likeness (QED) is 0.574. The minimum atomic E-state index is 0.541. The van der Waals surface area contributed by atoms with Crippen LogP contribution in [0.1, 0.15) is 5.56 Å². The summed E-state index contributed by atoms with van der Waals surface area (Å²) in [5, 5.41) is 17.6. The number of hydrogen-bond acceptors (Lipinski definition) is 4. The molecule has 0 fully saturated rings. The van der Waals surface area contributed by atoms with Gasteiger partial charge in [0.2, 0.25) is 5.82 Å². The number of benzene rings is 2. The molecule has 2 heterocycles. The Labute approximate surface area is 143 Å². The summed E-state index contributed by atoms with van der Waals surface area (Å²) >= 11 is 6.02. The second-order valence-electron chi connectivity index (χ2n) is 5.28. The monoisotopic (exact) mass is 336 g/mol. The number of nitrogens with zero attached hydrogens (tertiary/aromatic N) is 6. The number of halogens is 1. The molecular weight excluding hydrogens is 324 g/mol. The highest BCUT2D eigenvalue weighted by Crippen LogP contribution is 2.18. The van der Waals surface area contributed by atoms with Gasteiger partial charge < -0.3 is 0 Å². The van der Waals surface area contributed by atoms with Crippen LogP contribution in [0.3, 0.4) is 0 Å². The van der Waals surface area contributed by atoms with Crippen molar-refractivity contribution in [3.63, 3.8) is 0 Å². The van der Waals surface area contributed by atoms with E-state index in [1.807, 2.05) is 60.8 Å². The van der Waals surface area contributed by atoms with Gasteiger partial charge in [-0.1, -0.05) is 48.0 Å². The first kappa shape index (κ1) is 14.6. The summed E-state index contributed by atoms with van der Waals surface area (Å²) in [6.45, 7) is 0.580. The van der Waals surface area contributed by atoms with Crippen molar-refractivity contribution in [3.8, 4) is 17.1 Å². The van der Waals surface area contributed by atoms with E-state index in [9.17, 15) is 0 Å². The molecular formula is C17H13ClN6. The minimum Gasteiger partial charge on any atom is -0.240 e. The standard InChI is InChI=1S/C17H13ClN6/c18-15-7-4-8-16(9-15)23-12-14(10-19-23)17-20-22-24(21-17)11-13-5-2-1-3-6-13/h1-10,12H,11H2. The predicted octanol–water partition coefficient (Wildman–Crippen LogP) is 3.23. The van der Waals surface area contributed by atoms with Crippen LogP contribution in [0.2, 0.25) is 5.02 Å². The molecule has 6 nitrogen and oxygen atoms in total.